The Morgan fingerprint density at radius 1 is 1.21 bits per heavy atom. The van der Waals surface area contributed by atoms with Crippen LogP contribution in [0.25, 0.3) is 0 Å². The SMILES string of the molecule is C=C1C(=O)O[C@H]2/C=C(/C)[C@H](O)C/C=C(\C)C[C@@H](OC(=O)/C(=C/C)COC(=O)/C(=C/C)CO)[C@@H]12. The topological polar surface area (TPSA) is 119 Å². The van der Waals surface area contributed by atoms with Crippen LogP contribution in [0, 0.1) is 5.92 Å². The van der Waals surface area contributed by atoms with E-state index in [9.17, 15) is 24.6 Å². The Morgan fingerprint density at radius 3 is 2.48 bits per heavy atom. The zero-order valence-electron chi connectivity index (χ0n) is 19.5. The molecule has 0 radical (unpaired) electrons. The van der Waals surface area contributed by atoms with Gasteiger partial charge in [0, 0.05) is 12.0 Å². The lowest BCUT2D eigenvalue weighted by atomic mass is 9.85. The molecule has 0 amide bonds. The predicted molar refractivity (Wildman–Crippen MR) is 121 cm³/mol. The van der Waals surface area contributed by atoms with Gasteiger partial charge in [0.1, 0.15) is 18.8 Å². The average Bonchev–Trinajstić information content (AvgIpc) is 3.05. The van der Waals surface area contributed by atoms with Crippen molar-refractivity contribution in [1.82, 2.24) is 0 Å². The summed E-state index contributed by atoms with van der Waals surface area (Å²) in [6, 6.07) is 0. The summed E-state index contributed by atoms with van der Waals surface area (Å²) in [6.07, 6.45) is 4.96. The first-order valence-electron chi connectivity index (χ1n) is 10.8. The van der Waals surface area contributed by atoms with Gasteiger partial charge < -0.3 is 24.4 Å². The van der Waals surface area contributed by atoms with Crippen molar-refractivity contribution in [3.8, 4) is 0 Å². The minimum absolute atomic E-state index is 0.0806. The maximum absolute atomic E-state index is 12.9. The molecule has 8 heteroatoms. The molecule has 1 saturated heterocycles. The van der Waals surface area contributed by atoms with Crippen molar-refractivity contribution in [3.05, 3.63) is 58.7 Å². The zero-order valence-corrected chi connectivity index (χ0v) is 19.5. The molecule has 1 aliphatic heterocycles. The highest BCUT2D eigenvalue weighted by atomic mass is 16.6. The fourth-order valence-corrected chi connectivity index (χ4v) is 3.68. The van der Waals surface area contributed by atoms with E-state index in [0.29, 0.717) is 18.4 Å². The second-order valence-corrected chi connectivity index (χ2v) is 8.14. The molecule has 8 nitrogen and oxygen atoms in total. The van der Waals surface area contributed by atoms with Crippen molar-refractivity contribution < 1.29 is 38.8 Å². The number of aliphatic hydroxyl groups excluding tert-OH is 2. The number of rotatable bonds is 6. The molecule has 0 saturated carbocycles. The molecular formula is C25H32O8. The van der Waals surface area contributed by atoms with Crippen LogP contribution in [0.2, 0.25) is 0 Å². The highest BCUT2D eigenvalue weighted by molar-refractivity contribution is 5.93. The zero-order chi connectivity index (χ0) is 24.7. The summed E-state index contributed by atoms with van der Waals surface area (Å²) in [4.78, 5) is 37.2. The number of hydrogen-bond acceptors (Lipinski definition) is 8. The Labute approximate surface area is 193 Å². The molecular weight excluding hydrogens is 428 g/mol. The van der Waals surface area contributed by atoms with Crippen LogP contribution in [0.5, 0.6) is 0 Å². The van der Waals surface area contributed by atoms with E-state index in [1.807, 2.05) is 13.0 Å². The van der Waals surface area contributed by atoms with Gasteiger partial charge >= 0.3 is 17.9 Å². The molecule has 0 aromatic carbocycles. The van der Waals surface area contributed by atoms with E-state index < -0.39 is 48.7 Å². The average molecular weight is 461 g/mol. The monoisotopic (exact) mass is 460 g/mol. The summed E-state index contributed by atoms with van der Waals surface area (Å²) >= 11 is 0. The van der Waals surface area contributed by atoms with Gasteiger partial charge in [-0.3, -0.25) is 0 Å². The van der Waals surface area contributed by atoms with Gasteiger partial charge in [0.15, 0.2) is 0 Å². The summed E-state index contributed by atoms with van der Waals surface area (Å²) in [6.45, 7) is 9.86. The van der Waals surface area contributed by atoms with E-state index in [0.717, 1.165) is 5.57 Å². The minimum Gasteiger partial charge on any atom is -0.458 e. The van der Waals surface area contributed by atoms with Gasteiger partial charge in [-0.25, -0.2) is 14.4 Å². The third-order valence-corrected chi connectivity index (χ3v) is 5.84. The van der Waals surface area contributed by atoms with Crippen LogP contribution in [0.3, 0.4) is 0 Å². The lowest BCUT2D eigenvalue weighted by Crippen LogP contribution is -2.34. The second-order valence-electron chi connectivity index (χ2n) is 8.14. The van der Waals surface area contributed by atoms with Gasteiger partial charge in [-0.2, -0.15) is 0 Å². The summed E-state index contributed by atoms with van der Waals surface area (Å²) in [5.41, 5.74) is 1.91. The summed E-state index contributed by atoms with van der Waals surface area (Å²) < 4.78 is 16.4. The highest BCUT2D eigenvalue weighted by Gasteiger charge is 2.44. The van der Waals surface area contributed by atoms with E-state index in [1.54, 1.807) is 26.8 Å². The van der Waals surface area contributed by atoms with Crippen molar-refractivity contribution in [2.45, 2.75) is 58.8 Å². The molecule has 4 atom stereocenters. The third-order valence-electron chi connectivity index (χ3n) is 5.84. The number of fused-ring (bicyclic) bond motifs is 1. The van der Waals surface area contributed by atoms with Crippen molar-refractivity contribution in [2.24, 2.45) is 5.92 Å². The van der Waals surface area contributed by atoms with Crippen LogP contribution in [0.1, 0.15) is 40.5 Å². The number of carbonyl (C=O) groups excluding carboxylic acids is 3. The van der Waals surface area contributed by atoms with Crippen molar-refractivity contribution in [1.29, 1.82) is 0 Å². The molecule has 2 N–H and O–H groups in total. The van der Waals surface area contributed by atoms with Gasteiger partial charge in [-0.15, -0.1) is 0 Å². The maximum atomic E-state index is 12.9. The van der Waals surface area contributed by atoms with Crippen LogP contribution in [0.4, 0.5) is 0 Å². The lowest BCUT2D eigenvalue weighted by molar-refractivity contribution is -0.148. The number of hydrogen-bond donors (Lipinski definition) is 2. The van der Waals surface area contributed by atoms with Gasteiger partial charge in [0.05, 0.1) is 29.8 Å². The highest BCUT2D eigenvalue weighted by Crippen LogP contribution is 2.36. The first kappa shape index (κ1) is 26.3. The Bertz CT molecular complexity index is 921. The molecule has 2 rings (SSSR count). The number of ether oxygens (including phenoxy) is 3. The fourth-order valence-electron chi connectivity index (χ4n) is 3.68. The van der Waals surface area contributed by atoms with Crippen LogP contribution >= 0.6 is 0 Å². The summed E-state index contributed by atoms with van der Waals surface area (Å²) in [7, 11) is 0. The van der Waals surface area contributed by atoms with E-state index in [1.165, 1.54) is 12.2 Å². The molecule has 1 heterocycles. The summed E-state index contributed by atoms with van der Waals surface area (Å²) in [5.74, 6) is -2.63. The van der Waals surface area contributed by atoms with Crippen LogP contribution < -0.4 is 0 Å². The van der Waals surface area contributed by atoms with Crippen molar-refractivity contribution in [2.75, 3.05) is 13.2 Å². The molecule has 2 aliphatic rings. The molecule has 1 fully saturated rings. The first-order valence-corrected chi connectivity index (χ1v) is 10.8. The Hall–Kier alpha value is -2.97. The van der Waals surface area contributed by atoms with E-state index >= 15 is 0 Å². The number of aliphatic hydroxyl groups is 2. The van der Waals surface area contributed by atoms with E-state index in [2.05, 4.69) is 6.58 Å². The van der Waals surface area contributed by atoms with Crippen LogP contribution in [0.15, 0.2) is 58.7 Å². The molecule has 0 aromatic rings. The lowest BCUT2D eigenvalue weighted by Gasteiger charge is -2.28. The molecule has 0 aromatic heterocycles. The predicted octanol–water partition coefficient (Wildman–Crippen LogP) is 2.47. The molecule has 0 unspecified atom stereocenters. The first-order chi connectivity index (χ1) is 15.6. The number of esters is 3. The third kappa shape index (κ3) is 6.52. The Kier molecular flexibility index (Phi) is 9.37. The fraction of sp³-hybridized carbons (Fsp3) is 0.480. The molecule has 180 valence electrons. The smallest absolute Gasteiger partial charge is 0.337 e. The van der Waals surface area contributed by atoms with Gasteiger partial charge in [0.2, 0.25) is 0 Å². The van der Waals surface area contributed by atoms with Crippen molar-refractivity contribution >= 4 is 17.9 Å². The quantitative estimate of drug-likeness (QED) is 0.269. The largest absolute Gasteiger partial charge is 0.458 e. The molecule has 1 aliphatic carbocycles. The second kappa shape index (κ2) is 11.8. The molecule has 33 heavy (non-hydrogen) atoms. The van der Waals surface area contributed by atoms with Gasteiger partial charge in [0.25, 0.3) is 0 Å². The van der Waals surface area contributed by atoms with E-state index in [4.69, 9.17) is 14.2 Å². The van der Waals surface area contributed by atoms with Gasteiger partial charge in [-0.1, -0.05) is 30.4 Å². The normalized spacial score (nSPS) is 29.8. The molecule has 0 spiro atoms. The Balaban J connectivity index is 2.26. The van der Waals surface area contributed by atoms with Crippen LogP contribution in [-0.2, 0) is 28.6 Å². The standard InChI is InChI=1S/C25H32O8/c1-6-17(12-26)24(29)31-13-18(7-2)25(30)33-20-10-14(3)8-9-19(27)15(4)11-21-22(20)16(5)23(28)32-21/h6-8,11,19-22,26-27H,5,9-10,12-13H2,1-4H3/b14-8+,15-11-,17-6+,18-7+/t19-,20-,21+,22-/m1/s1. The Morgan fingerprint density at radius 2 is 1.88 bits per heavy atom. The summed E-state index contributed by atoms with van der Waals surface area (Å²) in [5, 5.41) is 19.5. The molecule has 0 bridgehead atoms. The van der Waals surface area contributed by atoms with Crippen LogP contribution in [-0.4, -0.2) is 59.6 Å². The minimum atomic E-state index is -0.758. The van der Waals surface area contributed by atoms with E-state index in [-0.39, 0.29) is 23.3 Å². The van der Waals surface area contributed by atoms with Gasteiger partial charge in [-0.05, 0) is 45.8 Å². The number of carbonyl (C=O) groups is 3. The van der Waals surface area contributed by atoms with Crippen molar-refractivity contribution in [3.63, 3.8) is 0 Å². The number of allylic oxidation sites excluding steroid dienone is 2. The maximum Gasteiger partial charge on any atom is 0.337 e.